The van der Waals surface area contributed by atoms with Crippen molar-refractivity contribution in [3.63, 3.8) is 0 Å². The Morgan fingerprint density at radius 1 is 0.500 bits per heavy atom. The van der Waals surface area contributed by atoms with Crippen LogP contribution in [0.25, 0.3) is 86.4 Å². The maximum atomic E-state index is 5.23. The molecule has 0 unspecified atom stereocenters. The summed E-state index contributed by atoms with van der Waals surface area (Å²) in [5.74, 6) is 0.716. The second kappa shape index (κ2) is 10.5. The lowest BCUT2D eigenvalue weighted by Gasteiger charge is -2.35. The molecule has 7 aromatic carbocycles. The number of hydrogen-bond donors (Lipinski definition) is 0. The molecule has 4 heterocycles. The number of pyridine rings is 1. The first-order valence-corrected chi connectivity index (χ1v) is 17.6. The first kappa shape index (κ1) is 27.5. The van der Waals surface area contributed by atoms with Crippen molar-refractivity contribution >= 4 is 81.0 Å². The second-order valence-corrected chi connectivity index (χ2v) is 13.9. The number of thiophene rings is 1. The van der Waals surface area contributed by atoms with Crippen LogP contribution in [0.2, 0.25) is 0 Å². The average molecular weight is 655 g/mol. The van der Waals surface area contributed by atoms with Crippen molar-refractivity contribution in [1.29, 1.82) is 0 Å². The summed E-state index contributed by atoms with van der Waals surface area (Å²) in [5.41, 5.74) is 10.0. The molecule has 0 spiro atoms. The van der Waals surface area contributed by atoms with Crippen LogP contribution in [-0.2, 0) is 0 Å². The van der Waals surface area contributed by atoms with Crippen LogP contribution in [0, 0.1) is 0 Å². The highest BCUT2D eigenvalue weighted by atomic mass is 32.1. The molecule has 4 nitrogen and oxygen atoms in total. The standard InChI is InChI=1S/C45H26N4S/c1-2-12-33-27(8-1)19-21-38-41(33)35-14-5-9-28-10-6-16-37(40(28)35)49(38)36-15-7-11-30-26-31(18-20-32(30)36)45-47-42(29-22-24-46-25-23-29)44-43(48-45)34-13-3-4-17-39(34)50-44/h1-26H. The lowest BCUT2D eigenvalue weighted by Crippen LogP contribution is -2.15. The first-order chi connectivity index (χ1) is 24.8. The van der Waals surface area contributed by atoms with E-state index in [-0.39, 0.29) is 0 Å². The predicted molar refractivity (Wildman–Crippen MR) is 210 cm³/mol. The van der Waals surface area contributed by atoms with Gasteiger partial charge in [-0.3, -0.25) is 4.98 Å². The summed E-state index contributed by atoms with van der Waals surface area (Å²) < 4.78 is 2.30. The summed E-state index contributed by atoms with van der Waals surface area (Å²) >= 11 is 1.74. The minimum absolute atomic E-state index is 0.716. The van der Waals surface area contributed by atoms with Crippen molar-refractivity contribution in [3.8, 4) is 33.8 Å². The Labute approximate surface area is 291 Å². The van der Waals surface area contributed by atoms with Gasteiger partial charge in [0.15, 0.2) is 5.82 Å². The van der Waals surface area contributed by atoms with E-state index >= 15 is 0 Å². The smallest absolute Gasteiger partial charge is 0.160 e. The van der Waals surface area contributed by atoms with E-state index in [0.29, 0.717) is 5.82 Å². The molecule has 11 rings (SSSR count). The molecule has 0 aliphatic carbocycles. The van der Waals surface area contributed by atoms with E-state index in [1.807, 2.05) is 24.5 Å². The average Bonchev–Trinajstić information content (AvgIpc) is 3.56. The van der Waals surface area contributed by atoms with E-state index in [1.165, 1.54) is 54.1 Å². The van der Waals surface area contributed by atoms with Crippen molar-refractivity contribution in [1.82, 2.24) is 15.0 Å². The minimum Gasteiger partial charge on any atom is -0.309 e. The van der Waals surface area contributed by atoms with Crippen LogP contribution in [0.3, 0.4) is 0 Å². The number of anilines is 3. The van der Waals surface area contributed by atoms with Crippen LogP contribution in [0.15, 0.2) is 158 Å². The van der Waals surface area contributed by atoms with Crippen molar-refractivity contribution in [2.45, 2.75) is 0 Å². The van der Waals surface area contributed by atoms with E-state index in [1.54, 1.807) is 11.3 Å². The minimum atomic E-state index is 0.716. The van der Waals surface area contributed by atoms with Gasteiger partial charge in [-0.2, -0.15) is 0 Å². The molecule has 0 amide bonds. The monoisotopic (exact) mass is 654 g/mol. The molecule has 3 aromatic heterocycles. The summed E-state index contributed by atoms with van der Waals surface area (Å²) in [6, 6.07) is 52.4. The zero-order chi connectivity index (χ0) is 32.8. The summed E-state index contributed by atoms with van der Waals surface area (Å²) in [5, 5.41) is 8.48. The number of fused-ring (bicyclic) bond motifs is 8. The molecule has 0 N–H and O–H groups in total. The summed E-state index contributed by atoms with van der Waals surface area (Å²) in [4.78, 5) is 17.2. The van der Waals surface area contributed by atoms with Gasteiger partial charge in [0.05, 0.1) is 33.0 Å². The second-order valence-electron chi connectivity index (χ2n) is 12.8. The highest BCUT2D eigenvalue weighted by Gasteiger charge is 2.28. The highest BCUT2D eigenvalue weighted by molar-refractivity contribution is 7.26. The maximum absolute atomic E-state index is 5.23. The Kier molecular flexibility index (Phi) is 5.80. The quantitative estimate of drug-likeness (QED) is 0.190. The third-order valence-corrected chi connectivity index (χ3v) is 11.2. The fourth-order valence-electron chi connectivity index (χ4n) is 7.86. The molecule has 50 heavy (non-hydrogen) atoms. The number of hydrogen-bond acceptors (Lipinski definition) is 5. The molecular weight excluding hydrogens is 629 g/mol. The van der Waals surface area contributed by atoms with Crippen molar-refractivity contribution in [2.24, 2.45) is 0 Å². The fraction of sp³-hybridized carbons (Fsp3) is 0. The Morgan fingerprint density at radius 2 is 1.26 bits per heavy atom. The molecule has 0 saturated heterocycles. The van der Waals surface area contributed by atoms with Gasteiger partial charge >= 0.3 is 0 Å². The Hall–Kier alpha value is -6.43. The Bertz CT molecular complexity index is 3000. The molecule has 1 aliphatic rings. The third kappa shape index (κ3) is 3.95. The summed E-state index contributed by atoms with van der Waals surface area (Å²) in [6.45, 7) is 0. The van der Waals surface area contributed by atoms with Crippen molar-refractivity contribution < 1.29 is 0 Å². The Morgan fingerprint density at radius 3 is 2.16 bits per heavy atom. The molecule has 10 aromatic rings. The van der Waals surface area contributed by atoms with E-state index in [0.717, 1.165) is 43.5 Å². The van der Waals surface area contributed by atoms with E-state index in [4.69, 9.17) is 9.97 Å². The van der Waals surface area contributed by atoms with Crippen LogP contribution in [-0.4, -0.2) is 15.0 Å². The van der Waals surface area contributed by atoms with Gasteiger partial charge in [-0.1, -0.05) is 103 Å². The predicted octanol–water partition coefficient (Wildman–Crippen LogP) is 12.5. The van der Waals surface area contributed by atoms with E-state index < -0.39 is 0 Å². The van der Waals surface area contributed by atoms with Gasteiger partial charge in [0.1, 0.15) is 0 Å². The molecule has 0 saturated carbocycles. The number of aromatic nitrogens is 3. The Balaban J connectivity index is 1.14. The molecule has 0 fully saturated rings. The molecule has 0 radical (unpaired) electrons. The van der Waals surface area contributed by atoms with Crippen LogP contribution < -0.4 is 4.90 Å². The first-order valence-electron chi connectivity index (χ1n) is 16.8. The lowest BCUT2D eigenvalue weighted by atomic mass is 9.87. The fourth-order valence-corrected chi connectivity index (χ4v) is 9.01. The zero-order valence-electron chi connectivity index (χ0n) is 26.7. The number of rotatable bonds is 3. The van der Waals surface area contributed by atoms with Crippen LogP contribution in [0.4, 0.5) is 17.1 Å². The van der Waals surface area contributed by atoms with Crippen LogP contribution in [0.5, 0.6) is 0 Å². The lowest BCUT2D eigenvalue weighted by molar-refractivity contribution is 1.23. The van der Waals surface area contributed by atoms with Gasteiger partial charge in [-0.25, -0.2) is 9.97 Å². The molecule has 0 atom stereocenters. The normalized spacial score (nSPS) is 12.4. The summed E-state index contributed by atoms with van der Waals surface area (Å²) in [7, 11) is 0. The van der Waals surface area contributed by atoms with Gasteiger partial charge < -0.3 is 4.90 Å². The van der Waals surface area contributed by atoms with E-state index in [2.05, 4.69) is 143 Å². The van der Waals surface area contributed by atoms with Crippen molar-refractivity contribution in [3.05, 3.63) is 158 Å². The molecular formula is C45H26N4S. The van der Waals surface area contributed by atoms with Gasteiger partial charge in [0, 0.05) is 49.9 Å². The molecule has 1 aliphatic heterocycles. The van der Waals surface area contributed by atoms with Gasteiger partial charge in [0.2, 0.25) is 0 Å². The SMILES string of the molecule is c1cc(N2c3ccc4ccccc4c3-c3cccc4cccc2c34)c2ccc(-c3nc(-c4ccncc4)c4sc5ccccc5c4n3)cc2c1. The van der Waals surface area contributed by atoms with Crippen LogP contribution in [0.1, 0.15) is 0 Å². The zero-order valence-corrected chi connectivity index (χ0v) is 27.5. The van der Waals surface area contributed by atoms with Crippen LogP contribution >= 0.6 is 11.3 Å². The summed E-state index contributed by atoms with van der Waals surface area (Å²) in [6.07, 6.45) is 3.66. The molecule has 232 valence electrons. The van der Waals surface area contributed by atoms with Gasteiger partial charge in [0.25, 0.3) is 0 Å². The van der Waals surface area contributed by atoms with Gasteiger partial charge in [-0.05, 0) is 69.6 Å². The number of nitrogens with zero attached hydrogens (tertiary/aromatic N) is 4. The molecule has 0 bridgehead atoms. The number of benzene rings is 7. The van der Waals surface area contributed by atoms with E-state index in [9.17, 15) is 0 Å². The maximum Gasteiger partial charge on any atom is 0.160 e. The third-order valence-electron chi connectivity index (χ3n) is 10.1. The molecule has 5 heteroatoms. The van der Waals surface area contributed by atoms with Gasteiger partial charge in [-0.15, -0.1) is 11.3 Å². The topological polar surface area (TPSA) is 41.9 Å². The highest BCUT2D eigenvalue weighted by Crippen LogP contribution is 2.54. The van der Waals surface area contributed by atoms with Crippen molar-refractivity contribution in [2.75, 3.05) is 4.90 Å². The largest absolute Gasteiger partial charge is 0.309 e.